The molecule has 0 aliphatic rings. The van der Waals surface area contributed by atoms with Crippen LogP contribution >= 0.6 is 0 Å². The zero-order valence-corrected chi connectivity index (χ0v) is 8.43. The number of hydrogen-bond donors (Lipinski definition) is 1. The first-order valence-corrected chi connectivity index (χ1v) is 4.55. The van der Waals surface area contributed by atoms with Gasteiger partial charge in [0.15, 0.2) is 0 Å². The molecule has 0 aliphatic heterocycles. The molecule has 0 atom stereocenters. The molecule has 1 aromatic carbocycles. The Kier molecular flexibility index (Phi) is 3.88. The van der Waals surface area contributed by atoms with Gasteiger partial charge >= 0.3 is 0 Å². The van der Waals surface area contributed by atoms with Crippen molar-refractivity contribution in [3.05, 3.63) is 33.9 Å². The quantitative estimate of drug-likeness (QED) is 0.360. The van der Waals surface area contributed by atoms with Crippen molar-refractivity contribution < 1.29 is 4.92 Å². The highest BCUT2D eigenvalue weighted by Crippen LogP contribution is 2.21. The topological polar surface area (TPSA) is 79.0 Å². The van der Waals surface area contributed by atoms with Crippen molar-refractivity contribution >= 4 is 11.4 Å². The van der Waals surface area contributed by atoms with E-state index in [4.69, 9.17) is 11.7 Å². The molecule has 80 valence electrons. The van der Waals surface area contributed by atoms with Crippen molar-refractivity contribution in [1.82, 2.24) is 0 Å². The number of nitrogens with one attached hydrogen (secondary N) is 1. The molecular weight excluding hydrogens is 206 g/mol. The normalized spacial score (nSPS) is 8.88. The van der Waals surface area contributed by atoms with Crippen molar-refractivity contribution in [3.63, 3.8) is 0 Å². The first-order valence-electron chi connectivity index (χ1n) is 4.55. The van der Waals surface area contributed by atoms with Crippen LogP contribution in [0.1, 0.15) is 12.0 Å². The van der Waals surface area contributed by atoms with E-state index in [1.165, 1.54) is 12.1 Å². The van der Waals surface area contributed by atoms with Crippen molar-refractivity contribution in [2.75, 3.05) is 11.9 Å². The molecule has 0 saturated heterocycles. The molecule has 1 N–H and O–H groups in total. The second-order valence-electron chi connectivity index (χ2n) is 2.98. The van der Waals surface area contributed by atoms with E-state index in [0.29, 0.717) is 18.7 Å². The van der Waals surface area contributed by atoms with Crippen LogP contribution in [0.5, 0.6) is 0 Å². The molecule has 1 rings (SSSR count). The number of nitrogens with zero attached hydrogens (tertiary/aromatic N) is 2. The number of anilines is 1. The van der Waals surface area contributed by atoms with Crippen LogP contribution in [0, 0.1) is 33.8 Å². The van der Waals surface area contributed by atoms with Crippen LogP contribution in [0.25, 0.3) is 0 Å². The van der Waals surface area contributed by atoms with Gasteiger partial charge in [-0.15, -0.1) is 12.3 Å². The summed E-state index contributed by atoms with van der Waals surface area (Å²) in [6.45, 7) is 0.569. The number of rotatable bonds is 4. The molecule has 0 radical (unpaired) electrons. The molecule has 5 nitrogen and oxygen atoms in total. The van der Waals surface area contributed by atoms with Crippen molar-refractivity contribution in [1.29, 1.82) is 5.26 Å². The van der Waals surface area contributed by atoms with Gasteiger partial charge in [-0.05, 0) is 12.1 Å². The Morgan fingerprint density at radius 1 is 1.56 bits per heavy atom. The van der Waals surface area contributed by atoms with Gasteiger partial charge in [-0.3, -0.25) is 10.1 Å². The van der Waals surface area contributed by atoms with Crippen LogP contribution in [0.4, 0.5) is 11.4 Å². The van der Waals surface area contributed by atoms with Gasteiger partial charge in [0.25, 0.3) is 5.69 Å². The molecule has 0 amide bonds. The summed E-state index contributed by atoms with van der Waals surface area (Å²) in [4.78, 5) is 9.98. The third kappa shape index (κ3) is 2.73. The molecule has 16 heavy (non-hydrogen) atoms. The number of benzene rings is 1. The molecule has 1 aromatic rings. The minimum atomic E-state index is -0.580. The summed E-state index contributed by atoms with van der Waals surface area (Å²) in [5.74, 6) is 2.46. The number of terminal acetylenes is 1. The Morgan fingerprint density at radius 2 is 2.31 bits per heavy atom. The third-order valence-electron chi connectivity index (χ3n) is 1.91. The van der Waals surface area contributed by atoms with E-state index < -0.39 is 4.92 Å². The second-order valence-corrected chi connectivity index (χ2v) is 2.98. The van der Waals surface area contributed by atoms with Gasteiger partial charge in [-0.1, -0.05) is 0 Å². The summed E-state index contributed by atoms with van der Waals surface area (Å²) in [5, 5.41) is 22.3. The molecule has 0 heterocycles. The van der Waals surface area contributed by atoms with Crippen LogP contribution in [0.3, 0.4) is 0 Å². The molecule has 5 heteroatoms. The molecule has 0 saturated carbocycles. The Balaban J connectivity index is 2.89. The first-order chi connectivity index (χ1) is 7.69. The number of hydrogen-bond acceptors (Lipinski definition) is 4. The lowest BCUT2D eigenvalue weighted by molar-refractivity contribution is -0.385. The number of nitro groups is 1. The molecule has 0 fully saturated rings. The highest BCUT2D eigenvalue weighted by molar-refractivity contribution is 5.58. The molecule has 0 aromatic heterocycles. The van der Waals surface area contributed by atoms with Crippen LogP contribution in [0.15, 0.2) is 18.2 Å². The highest BCUT2D eigenvalue weighted by atomic mass is 16.6. The van der Waals surface area contributed by atoms with Gasteiger partial charge in [-0.25, -0.2) is 0 Å². The van der Waals surface area contributed by atoms with E-state index in [9.17, 15) is 10.1 Å². The van der Waals surface area contributed by atoms with E-state index in [1.54, 1.807) is 12.1 Å². The largest absolute Gasteiger partial charge is 0.384 e. The third-order valence-corrected chi connectivity index (χ3v) is 1.91. The average Bonchev–Trinajstić information content (AvgIpc) is 2.29. The maximum atomic E-state index is 10.6. The maximum Gasteiger partial charge on any atom is 0.287 e. The lowest BCUT2D eigenvalue weighted by Gasteiger charge is -2.04. The second kappa shape index (κ2) is 5.38. The number of nitriles is 1. The maximum absolute atomic E-state index is 10.6. The summed E-state index contributed by atoms with van der Waals surface area (Å²) in [6.07, 6.45) is 5.64. The van der Waals surface area contributed by atoms with Crippen LogP contribution in [-0.4, -0.2) is 11.5 Å². The smallest absolute Gasteiger partial charge is 0.287 e. The predicted octanol–water partition coefficient (Wildman–Crippen LogP) is 1.90. The van der Waals surface area contributed by atoms with E-state index in [-0.39, 0.29) is 11.3 Å². The van der Waals surface area contributed by atoms with Gasteiger partial charge in [-0.2, -0.15) is 5.26 Å². The molecule has 0 spiro atoms. The van der Waals surface area contributed by atoms with Crippen molar-refractivity contribution in [2.45, 2.75) is 6.42 Å². The average molecular weight is 215 g/mol. The van der Waals surface area contributed by atoms with Crippen molar-refractivity contribution in [3.8, 4) is 18.4 Å². The fourth-order valence-electron chi connectivity index (χ4n) is 1.17. The SMILES string of the molecule is C#CCCNc1ccc([N+](=O)[O-])c(C#N)c1. The first kappa shape index (κ1) is 11.5. The van der Waals surface area contributed by atoms with Crippen LogP contribution in [-0.2, 0) is 0 Å². The highest BCUT2D eigenvalue weighted by Gasteiger charge is 2.13. The summed E-state index contributed by atoms with van der Waals surface area (Å²) in [7, 11) is 0. The van der Waals surface area contributed by atoms with Crippen LogP contribution in [0.2, 0.25) is 0 Å². The van der Waals surface area contributed by atoms with Gasteiger partial charge in [0.2, 0.25) is 0 Å². The van der Waals surface area contributed by atoms with Gasteiger partial charge in [0, 0.05) is 24.7 Å². The fraction of sp³-hybridized carbons (Fsp3) is 0.182. The summed E-state index contributed by atoms with van der Waals surface area (Å²) >= 11 is 0. The summed E-state index contributed by atoms with van der Waals surface area (Å²) in [5.41, 5.74) is 0.498. The fourth-order valence-corrected chi connectivity index (χ4v) is 1.17. The lowest BCUT2D eigenvalue weighted by Crippen LogP contribution is -2.01. The Bertz CT molecular complexity index is 483. The van der Waals surface area contributed by atoms with E-state index >= 15 is 0 Å². The van der Waals surface area contributed by atoms with E-state index in [0.717, 1.165) is 0 Å². The number of nitro benzene ring substituents is 1. The Hall–Kier alpha value is -2.53. The van der Waals surface area contributed by atoms with Gasteiger partial charge in [0.1, 0.15) is 11.6 Å². The Labute approximate surface area is 92.9 Å². The van der Waals surface area contributed by atoms with Crippen molar-refractivity contribution in [2.24, 2.45) is 0 Å². The molecular formula is C11H9N3O2. The zero-order valence-electron chi connectivity index (χ0n) is 8.43. The minimum absolute atomic E-state index is 0.0377. The lowest BCUT2D eigenvalue weighted by atomic mass is 10.1. The van der Waals surface area contributed by atoms with Gasteiger partial charge < -0.3 is 5.32 Å². The standard InChI is InChI=1S/C11H9N3O2/c1-2-3-6-13-10-4-5-11(14(15)16)9(7-10)8-12/h1,4-5,7,13H,3,6H2. The van der Waals surface area contributed by atoms with Gasteiger partial charge in [0.05, 0.1) is 4.92 Å². The predicted molar refractivity (Wildman–Crippen MR) is 59.8 cm³/mol. The minimum Gasteiger partial charge on any atom is -0.384 e. The molecule has 0 bridgehead atoms. The Morgan fingerprint density at radius 3 is 2.88 bits per heavy atom. The summed E-state index contributed by atoms with van der Waals surface area (Å²) in [6, 6.07) is 6.08. The van der Waals surface area contributed by atoms with Crippen LogP contribution < -0.4 is 5.32 Å². The van der Waals surface area contributed by atoms with E-state index in [2.05, 4.69) is 11.2 Å². The molecule has 0 unspecified atom stereocenters. The molecule has 0 aliphatic carbocycles. The zero-order chi connectivity index (χ0) is 12.0. The van der Waals surface area contributed by atoms with E-state index in [1.807, 2.05) is 0 Å². The monoisotopic (exact) mass is 215 g/mol. The summed E-state index contributed by atoms with van der Waals surface area (Å²) < 4.78 is 0.